The molecule has 4 aliphatic rings. The lowest BCUT2D eigenvalue weighted by molar-refractivity contribution is 0.0328. The van der Waals surface area contributed by atoms with Crippen LogP contribution in [0.25, 0.3) is 0 Å². The second kappa shape index (κ2) is 9.50. The quantitative estimate of drug-likeness (QED) is 0.564. The molecule has 0 aromatic carbocycles. The first-order valence-electron chi connectivity index (χ1n) is 13.2. The van der Waals surface area contributed by atoms with Crippen LogP contribution in [0.2, 0.25) is 0 Å². The Hall–Kier alpha value is -2.52. The van der Waals surface area contributed by atoms with Crippen LogP contribution in [0.15, 0.2) is 16.7 Å². The van der Waals surface area contributed by atoms with Gasteiger partial charge in [-0.2, -0.15) is 0 Å². The number of piperidine rings is 1. The van der Waals surface area contributed by atoms with E-state index in [1.165, 1.54) is 31.2 Å². The predicted molar refractivity (Wildman–Crippen MR) is 130 cm³/mol. The molecule has 3 saturated carbocycles. The number of pyridine rings is 1. The summed E-state index contributed by atoms with van der Waals surface area (Å²) in [6, 6.07) is 2.56. The fourth-order valence-corrected chi connectivity index (χ4v) is 5.43. The largest absolute Gasteiger partial charge is 0.425 e. The maximum absolute atomic E-state index is 14.1. The molecule has 0 unspecified atom stereocenters. The molecule has 0 spiro atoms. The third kappa shape index (κ3) is 5.07. The Kier molecular flexibility index (Phi) is 6.22. The first kappa shape index (κ1) is 22.9. The maximum Gasteiger partial charge on any atom is 0.274 e. The van der Waals surface area contributed by atoms with Gasteiger partial charge in [0.05, 0.1) is 17.7 Å². The van der Waals surface area contributed by atoms with Crippen LogP contribution in [0.5, 0.6) is 0 Å². The highest BCUT2D eigenvalue weighted by Gasteiger charge is 2.38. The number of nitrogens with zero attached hydrogens (tertiary/aromatic N) is 4. The second-order valence-corrected chi connectivity index (χ2v) is 10.9. The molecule has 6 rings (SSSR count). The van der Waals surface area contributed by atoms with E-state index in [1.54, 1.807) is 7.11 Å². The van der Waals surface area contributed by atoms with E-state index in [1.807, 2.05) is 13.1 Å². The van der Waals surface area contributed by atoms with Crippen molar-refractivity contribution in [2.75, 3.05) is 32.1 Å². The van der Waals surface area contributed by atoms with Gasteiger partial charge in [-0.3, -0.25) is 4.79 Å². The number of nitrogens with one attached hydrogen (secondary N) is 2. The molecule has 3 heterocycles. The fourth-order valence-electron chi connectivity index (χ4n) is 5.43. The number of carbonyl (C=O) groups is 1. The van der Waals surface area contributed by atoms with Gasteiger partial charge in [0.25, 0.3) is 5.91 Å². The Morgan fingerprint density at radius 2 is 2.00 bits per heavy atom. The fraction of sp³-hybridized carbons (Fsp3) is 0.692. The van der Waals surface area contributed by atoms with Crippen LogP contribution in [0.4, 0.5) is 5.69 Å². The summed E-state index contributed by atoms with van der Waals surface area (Å²) in [7, 11) is 1.77. The molecule has 4 fully saturated rings. The van der Waals surface area contributed by atoms with Gasteiger partial charge in [-0.15, -0.1) is 10.2 Å². The molecule has 3 aliphatic carbocycles. The van der Waals surface area contributed by atoms with Gasteiger partial charge in [0.2, 0.25) is 11.8 Å². The van der Waals surface area contributed by atoms with Crippen molar-refractivity contribution in [1.29, 1.82) is 0 Å². The molecule has 1 saturated heterocycles. The van der Waals surface area contributed by atoms with Crippen LogP contribution >= 0.6 is 0 Å². The zero-order chi connectivity index (χ0) is 23.9. The summed E-state index contributed by atoms with van der Waals surface area (Å²) < 4.78 is 11.2. The summed E-state index contributed by atoms with van der Waals surface area (Å²) in [5, 5.41) is 15.4. The second-order valence-electron chi connectivity index (χ2n) is 10.9. The van der Waals surface area contributed by atoms with Crippen molar-refractivity contribution in [3.63, 3.8) is 0 Å². The highest BCUT2D eigenvalue weighted by atomic mass is 16.5. The number of aryl methyl sites for hydroxylation is 1. The SMILES string of the molecule is COC1CC(Nc2cc(C3CC3)cnc2C(=O)N(CC2CC2)[C@@H]2CNC[C@H](c3nnc(C)o3)C2)C1. The van der Waals surface area contributed by atoms with Gasteiger partial charge >= 0.3 is 0 Å². The van der Waals surface area contributed by atoms with Gasteiger partial charge in [0, 0.05) is 51.9 Å². The molecule has 2 aromatic rings. The van der Waals surface area contributed by atoms with E-state index in [0.717, 1.165) is 44.6 Å². The van der Waals surface area contributed by atoms with Crippen LogP contribution in [0, 0.1) is 12.8 Å². The number of anilines is 1. The Morgan fingerprint density at radius 3 is 2.69 bits per heavy atom. The van der Waals surface area contributed by atoms with Crippen LogP contribution in [0.1, 0.15) is 84.6 Å². The summed E-state index contributed by atoms with van der Waals surface area (Å²) in [6.07, 6.45) is 9.76. The van der Waals surface area contributed by atoms with Crippen LogP contribution in [-0.4, -0.2) is 70.9 Å². The van der Waals surface area contributed by atoms with Gasteiger partial charge in [-0.1, -0.05) is 0 Å². The Balaban J connectivity index is 1.24. The molecular formula is C26H36N6O3. The van der Waals surface area contributed by atoms with Gasteiger partial charge in [-0.05, 0) is 68.4 Å². The average molecular weight is 481 g/mol. The lowest BCUT2D eigenvalue weighted by atomic mass is 9.89. The Labute approximate surface area is 206 Å². The number of carbonyl (C=O) groups excluding carboxylic acids is 1. The number of amides is 1. The lowest BCUT2D eigenvalue weighted by Gasteiger charge is -2.38. The van der Waals surface area contributed by atoms with Gasteiger partial charge in [0.1, 0.15) is 0 Å². The lowest BCUT2D eigenvalue weighted by Crippen LogP contribution is -2.51. The number of hydrogen-bond acceptors (Lipinski definition) is 8. The average Bonchev–Trinajstić information content (AvgIpc) is 3.78. The van der Waals surface area contributed by atoms with E-state index in [9.17, 15) is 4.79 Å². The van der Waals surface area contributed by atoms with Crippen molar-refractivity contribution >= 4 is 11.6 Å². The van der Waals surface area contributed by atoms with E-state index in [4.69, 9.17) is 14.1 Å². The highest BCUT2D eigenvalue weighted by Crippen LogP contribution is 2.41. The van der Waals surface area contributed by atoms with Crippen molar-refractivity contribution in [3.05, 3.63) is 35.3 Å². The van der Waals surface area contributed by atoms with Crippen molar-refractivity contribution in [2.24, 2.45) is 5.92 Å². The van der Waals surface area contributed by atoms with Crippen molar-refractivity contribution in [2.45, 2.75) is 81.9 Å². The van der Waals surface area contributed by atoms with E-state index in [-0.39, 0.29) is 17.9 Å². The Bertz CT molecular complexity index is 1060. The normalized spacial score (nSPS) is 28.4. The van der Waals surface area contributed by atoms with E-state index >= 15 is 0 Å². The van der Waals surface area contributed by atoms with Crippen molar-refractivity contribution in [1.82, 2.24) is 25.4 Å². The topological polar surface area (TPSA) is 105 Å². The van der Waals surface area contributed by atoms with E-state index in [2.05, 4.69) is 31.8 Å². The molecular weight excluding hydrogens is 444 g/mol. The molecule has 35 heavy (non-hydrogen) atoms. The molecule has 9 heteroatoms. The first-order valence-corrected chi connectivity index (χ1v) is 13.2. The Morgan fingerprint density at radius 1 is 1.17 bits per heavy atom. The van der Waals surface area contributed by atoms with Crippen LogP contribution < -0.4 is 10.6 Å². The monoisotopic (exact) mass is 480 g/mol. The summed E-state index contributed by atoms with van der Waals surface area (Å²) >= 11 is 0. The molecule has 0 radical (unpaired) electrons. The van der Waals surface area contributed by atoms with Gasteiger partial charge < -0.3 is 24.7 Å². The van der Waals surface area contributed by atoms with Crippen LogP contribution in [0.3, 0.4) is 0 Å². The molecule has 1 amide bonds. The molecule has 2 N–H and O–H groups in total. The molecule has 0 bridgehead atoms. The molecule has 2 atom stereocenters. The van der Waals surface area contributed by atoms with Crippen LogP contribution in [-0.2, 0) is 4.74 Å². The van der Waals surface area contributed by atoms with Crippen molar-refractivity contribution < 1.29 is 13.9 Å². The number of methoxy groups -OCH3 is 1. The summed E-state index contributed by atoms with van der Waals surface area (Å²) in [5.74, 6) is 2.54. The summed E-state index contributed by atoms with van der Waals surface area (Å²) in [6.45, 7) is 4.15. The number of aromatic nitrogens is 3. The first-order chi connectivity index (χ1) is 17.1. The number of ether oxygens (including phenoxy) is 1. The predicted octanol–water partition coefficient (Wildman–Crippen LogP) is 3.24. The maximum atomic E-state index is 14.1. The van der Waals surface area contributed by atoms with Crippen molar-refractivity contribution in [3.8, 4) is 0 Å². The standard InChI is InChI=1S/C26H36N6O3/c1-15-30-31-25(35-15)19-7-21(13-27-11-19)32(14-16-3-4-16)26(33)24-23(29-20-9-22(10-20)34-2)8-18(12-28-24)17-5-6-17/h8,12,16-17,19-22,27,29H,3-7,9-11,13-14H2,1-2H3/t19-,20?,21+,22?/m1/s1. The molecule has 188 valence electrons. The summed E-state index contributed by atoms with van der Waals surface area (Å²) in [5.41, 5.74) is 2.67. The highest BCUT2D eigenvalue weighted by molar-refractivity contribution is 5.98. The van der Waals surface area contributed by atoms with Gasteiger partial charge in [-0.25, -0.2) is 4.98 Å². The minimum atomic E-state index is 0.0264. The molecule has 1 aliphatic heterocycles. The number of hydrogen-bond donors (Lipinski definition) is 2. The minimum Gasteiger partial charge on any atom is -0.425 e. The van der Waals surface area contributed by atoms with E-state index in [0.29, 0.717) is 41.5 Å². The van der Waals surface area contributed by atoms with Gasteiger partial charge in [0.15, 0.2) is 5.69 Å². The van der Waals surface area contributed by atoms with E-state index < -0.39 is 0 Å². The zero-order valence-corrected chi connectivity index (χ0v) is 20.7. The third-order valence-corrected chi connectivity index (χ3v) is 8.02. The smallest absolute Gasteiger partial charge is 0.274 e. The minimum absolute atomic E-state index is 0.0264. The molecule has 2 aromatic heterocycles. The zero-order valence-electron chi connectivity index (χ0n) is 20.7. The third-order valence-electron chi connectivity index (χ3n) is 8.02. The summed E-state index contributed by atoms with van der Waals surface area (Å²) in [4.78, 5) is 20.9. The number of rotatable bonds is 9. The molecule has 9 nitrogen and oxygen atoms in total.